The molecule has 4 rings (SSSR count). The van der Waals surface area contributed by atoms with Crippen molar-refractivity contribution in [3.05, 3.63) is 63.4 Å². The third-order valence-corrected chi connectivity index (χ3v) is 6.75. The van der Waals surface area contributed by atoms with Crippen molar-refractivity contribution in [3.8, 4) is 0 Å². The minimum Gasteiger partial charge on any atom is -0.293 e. The van der Waals surface area contributed by atoms with Gasteiger partial charge < -0.3 is 0 Å². The van der Waals surface area contributed by atoms with Crippen LogP contribution in [0.5, 0.6) is 0 Å². The molecule has 3 aliphatic rings. The summed E-state index contributed by atoms with van der Waals surface area (Å²) in [4.78, 5) is 22.8. The number of nitrogens with zero attached hydrogens (tertiary/aromatic N) is 3. The van der Waals surface area contributed by atoms with E-state index in [0.29, 0.717) is 15.8 Å². The van der Waals surface area contributed by atoms with Crippen molar-refractivity contribution < 1.29 is 4.79 Å². The highest BCUT2D eigenvalue weighted by molar-refractivity contribution is 8.27. The lowest BCUT2D eigenvalue weighted by atomic mass is 10.2. The zero-order valence-electron chi connectivity index (χ0n) is 13.7. The summed E-state index contributed by atoms with van der Waals surface area (Å²) < 4.78 is 0.617. The summed E-state index contributed by atoms with van der Waals surface area (Å²) in [6, 6.07) is 10.1. The van der Waals surface area contributed by atoms with Crippen molar-refractivity contribution in [3.63, 3.8) is 0 Å². The van der Waals surface area contributed by atoms with E-state index in [0.717, 1.165) is 26.9 Å². The number of carbonyl (C=O) groups excluding carboxylic acids is 1. The molecule has 4 nitrogen and oxygen atoms in total. The second-order valence-corrected chi connectivity index (χ2v) is 8.32. The Morgan fingerprint density at radius 2 is 1.92 bits per heavy atom. The van der Waals surface area contributed by atoms with Crippen molar-refractivity contribution in [2.75, 3.05) is 6.54 Å². The average molecular weight is 386 g/mol. The summed E-state index contributed by atoms with van der Waals surface area (Å²) in [7, 11) is 0. The van der Waals surface area contributed by atoms with Gasteiger partial charge in [-0.2, -0.15) is 0 Å². The molecule has 0 atom stereocenters. The summed E-state index contributed by atoms with van der Waals surface area (Å²) in [6.07, 6.45) is 3.88. The lowest BCUT2D eigenvalue weighted by Gasteiger charge is -2.20. The minimum atomic E-state index is -0.0192. The Morgan fingerprint density at radius 3 is 2.60 bits per heavy atom. The van der Waals surface area contributed by atoms with Gasteiger partial charge in [0.1, 0.15) is 14.3 Å². The van der Waals surface area contributed by atoms with Gasteiger partial charge in [-0.05, 0) is 25.0 Å². The van der Waals surface area contributed by atoms with Crippen molar-refractivity contribution in [2.24, 2.45) is 4.99 Å². The number of hydrogen-bond donors (Lipinski definition) is 0. The summed E-state index contributed by atoms with van der Waals surface area (Å²) in [5.41, 5.74) is 2.14. The van der Waals surface area contributed by atoms with Crippen LogP contribution in [-0.2, 0) is 4.79 Å². The number of aliphatic imine (C=N–C) groups is 1. The van der Waals surface area contributed by atoms with E-state index in [-0.39, 0.29) is 5.91 Å². The molecule has 0 bridgehead atoms. The molecule has 0 unspecified atom stereocenters. The van der Waals surface area contributed by atoms with Crippen LogP contribution in [0.4, 0.5) is 0 Å². The van der Waals surface area contributed by atoms with E-state index < -0.39 is 0 Å². The van der Waals surface area contributed by atoms with Gasteiger partial charge in [0.25, 0.3) is 5.91 Å². The van der Waals surface area contributed by atoms with Gasteiger partial charge in [-0.25, -0.2) is 4.99 Å². The fourth-order valence-electron chi connectivity index (χ4n) is 2.77. The number of rotatable bonds is 2. The first-order chi connectivity index (χ1) is 12.1. The number of amides is 1. The number of likely N-dealkylation sites (N-methyl/N-ethyl adjacent to an activating group) is 1. The molecule has 0 spiro atoms. The van der Waals surface area contributed by atoms with Gasteiger partial charge in [0.2, 0.25) is 0 Å². The molecule has 1 aromatic rings. The first-order valence-corrected chi connectivity index (χ1v) is 9.91. The van der Waals surface area contributed by atoms with Crippen LogP contribution in [0, 0.1) is 0 Å². The Hall–Kier alpha value is -1.83. The summed E-state index contributed by atoms with van der Waals surface area (Å²) in [5, 5.41) is 0.887. The Kier molecular flexibility index (Phi) is 4.31. The van der Waals surface area contributed by atoms with Gasteiger partial charge in [-0.3, -0.25) is 14.6 Å². The van der Waals surface area contributed by atoms with E-state index in [1.54, 1.807) is 16.7 Å². The molecule has 0 aromatic heterocycles. The molecular formula is C18H15N3OS3. The Balaban J connectivity index is 1.83. The summed E-state index contributed by atoms with van der Waals surface area (Å²) in [6.45, 7) is 4.53. The van der Waals surface area contributed by atoms with Crippen LogP contribution in [0.25, 0.3) is 4.91 Å². The molecular weight excluding hydrogens is 370 g/mol. The molecule has 1 saturated heterocycles. The van der Waals surface area contributed by atoms with Crippen molar-refractivity contribution in [2.45, 2.75) is 13.8 Å². The maximum Gasteiger partial charge on any atom is 0.268 e. The Labute approximate surface area is 160 Å². The van der Waals surface area contributed by atoms with E-state index in [1.807, 2.05) is 49.4 Å². The third-order valence-electron chi connectivity index (χ3n) is 3.97. The van der Waals surface area contributed by atoms with E-state index >= 15 is 0 Å². The first kappa shape index (κ1) is 16.6. The predicted molar refractivity (Wildman–Crippen MR) is 110 cm³/mol. The van der Waals surface area contributed by atoms with Crippen LogP contribution in [0.1, 0.15) is 19.4 Å². The predicted octanol–water partition coefficient (Wildman–Crippen LogP) is 4.40. The molecule has 1 fully saturated rings. The number of benzene rings is 1. The molecule has 25 heavy (non-hydrogen) atoms. The van der Waals surface area contributed by atoms with Crippen molar-refractivity contribution >= 4 is 57.1 Å². The highest BCUT2D eigenvalue weighted by atomic mass is 32.2. The maximum atomic E-state index is 12.8. The number of fused-ring (bicyclic) bond motifs is 1. The van der Waals surface area contributed by atoms with Gasteiger partial charge in [0.05, 0.1) is 4.91 Å². The molecule has 7 heteroatoms. The van der Waals surface area contributed by atoms with Crippen LogP contribution < -0.4 is 0 Å². The molecule has 3 heterocycles. The number of carbonyl (C=O) groups is 1. The SMILES string of the molecule is CCN1C(=O)/C(=C2/SC(c3ccccc3)=C3N=CC(C)=CN32)SC1=S. The number of thioether (sulfide) groups is 2. The average Bonchev–Trinajstić information content (AvgIpc) is 3.12. The van der Waals surface area contributed by atoms with Gasteiger partial charge in [0, 0.05) is 19.0 Å². The second kappa shape index (κ2) is 6.48. The van der Waals surface area contributed by atoms with Crippen LogP contribution in [-0.4, -0.2) is 32.8 Å². The van der Waals surface area contributed by atoms with E-state index in [4.69, 9.17) is 12.2 Å². The number of allylic oxidation sites excluding steroid dienone is 1. The third kappa shape index (κ3) is 2.76. The highest BCUT2D eigenvalue weighted by Gasteiger charge is 2.39. The van der Waals surface area contributed by atoms with Crippen LogP contribution in [0.15, 0.2) is 62.9 Å². The van der Waals surface area contributed by atoms with Crippen LogP contribution in [0.3, 0.4) is 0 Å². The first-order valence-electron chi connectivity index (χ1n) is 7.87. The minimum absolute atomic E-state index is 0.0192. The quantitative estimate of drug-likeness (QED) is 0.557. The van der Waals surface area contributed by atoms with Gasteiger partial charge in [-0.15, -0.1) is 0 Å². The topological polar surface area (TPSA) is 35.9 Å². The lowest BCUT2D eigenvalue weighted by Crippen LogP contribution is -2.28. The van der Waals surface area contributed by atoms with Gasteiger partial charge >= 0.3 is 0 Å². The lowest BCUT2D eigenvalue weighted by molar-refractivity contribution is -0.122. The Morgan fingerprint density at radius 1 is 1.16 bits per heavy atom. The zero-order chi connectivity index (χ0) is 17.6. The van der Waals surface area contributed by atoms with Crippen molar-refractivity contribution in [1.82, 2.24) is 9.80 Å². The molecule has 0 saturated carbocycles. The fraction of sp³-hybridized carbons (Fsp3) is 0.167. The van der Waals surface area contributed by atoms with Crippen LogP contribution >= 0.6 is 35.7 Å². The molecule has 3 aliphatic heterocycles. The van der Waals surface area contributed by atoms with Crippen molar-refractivity contribution in [1.29, 1.82) is 0 Å². The largest absolute Gasteiger partial charge is 0.293 e. The van der Waals surface area contributed by atoms with Gasteiger partial charge in [0.15, 0.2) is 5.82 Å². The standard InChI is InChI=1S/C18H15N3OS3/c1-3-20-16(22)14(25-18(20)23)17-21-10-11(2)9-19-15(21)13(24-17)12-7-5-4-6-8-12/h4-10H,3H2,1-2H3/b17-14-. The number of hydrogen-bond acceptors (Lipinski definition) is 6. The summed E-state index contributed by atoms with van der Waals surface area (Å²) >= 11 is 8.33. The molecule has 0 radical (unpaired) electrons. The molecule has 1 amide bonds. The highest BCUT2D eigenvalue weighted by Crippen LogP contribution is 2.52. The van der Waals surface area contributed by atoms with E-state index in [1.165, 1.54) is 11.8 Å². The van der Waals surface area contributed by atoms with Gasteiger partial charge in [-0.1, -0.05) is 66.1 Å². The van der Waals surface area contributed by atoms with E-state index in [2.05, 4.69) is 17.1 Å². The monoisotopic (exact) mass is 385 g/mol. The van der Waals surface area contributed by atoms with E-state index in [9.17, 15) is 4.79 Å². The Bertz CT molecular complexity index is 899. The summed E-state index contributed by atoms with van der Waals surface area (Å²) in [5.74, 6) is 0.841. The number of thiocarbonyl (C=S) groups is 1. The van der Waals surface area contributed by atoms with Crippen LogP contribution in [0.2, 0.25) is 0 Å². The zero-order valence-corrected chi connectivity index (χ0v) is 16.2. The molecule has 0 N–H and O–H groups in total. The normalized spacial score (nSPS) is 22.9. The second-order valence-electron chi connectivity index (χ2n) is 5.67. The molecule has 1 aromatic carbocycles. The molecule has 0 aliphatic carbocycles. The maximum absolute atomic E-state index is 12.8. The molecule has 126 valence electrons. The fourth-order valence-corrected chi connectivity index (χ4v) is 5.47. The smallest absolute Gasteiger partial charge is 0.268 e.